The van der Waals surface area contributed by atoms with Crippen LogP contribution in [0.3, 0.4) is 0 Å². The second kappa shape index (κ2) is 5.49. The summed E-state index contributed by atoms with van der Waals surface area (Å²) in [6.45, 7) is 1.77. The van der Waals surface area contributed by atoms with E-state index in [9.17, 15) is 9.59 Å². The van der Waals surface area contributed by atoms with Crippen LogP contribution in [0.5, 0.6) is 0 Å². The Morgan fingerprint density at radius 1 is 1.44 bits per heavy atom. The number of aryl methyl sites for hydroxylation is 1. The van der Waals surface area contributed by atoms with E-state index in [2.05, 4.69) is 10.1 Å². The molecule has 0 radical (unpaired) electrons. The summed E-state index contributed by atoms with van der Waals surface area (Å²) < 4.78 is 4.31. The molecule has 1 rings (SSSR count). The topological polar surface area (TPSA) is 55.4 Å². The summed E-state index contributed by atoms with van der Waals surface area (Å²) in [7, 11) is 1.28. The predicted octanol–water partition coefficient (Wildman–Crippen LogP) is 3.40. The van der Waals surface area contributed by atoms with Crippen molar-refractivity contribution in [1.82, 2.24) is 0 Å². The summed E-state index contributed by atoms with van der Waals surface area (Å²) >= 11 is 7.48. The summed E-state index contributed by atoms with van der Waals surface area (Å²) in [4.78, 5) is 22.4. The average Bonchev–Trinajstić information content (AvgIpc) is 2.21. The average molecular weight is 354 g/mol. The number of nitrogens with one attached hydrogen (secondary N) is 1. The van der Waals surface area contributed by atoms with Crippen LogP contribution in [0.1, 0.15) is 15.9 Å². The Labute approximate surface area is 111 Å². The van der Waals surface area contributed by atoms with Crippen molar-refractivity contribution in [2.24, 2.45) is 0 Å². The maximum Gasteiger partial charge on any atom is 0.339 e. The van der Waals surface area contributed by atoms with E-state index >= 15 is 0 Å². The monoisotopic (exact) mass is 353 g/mol. The van der Waals surface area contributed by atoms with Crippen molar-refractivity contribution in [3.63, 3.8) is 0 Å². The molecule has 0 atom stereocenters. The fourth-order valence-electron chi connectivity index (χ4n) is 1.17. The van der Waals surface area contributed by atoms with Gasteiger partial charge in [0.1, 0.15) is 0 Å². The van der Waals surface area contributed by atoms with Crippen LogP contribution in [0.4, 0.5) is 10.5 Å². The van der Waals surface area contributed by atoms with Crippen LogP contribution in [0, 0.1) is 6.92 Å². The fourth-order valence-corrected chi connectivity index (χ4v) is 1.62. The molecule has 0 spiro atoms. The van der Waals surface area contributed by atoms with Gasteiger partial charge in [0.15, 0.2) is 0 Å². The minimum atomic E-state index is -0.514. The molecule has 0 saturated heterocycles. The van der Waals surface area contributed by atoms with E-state index in [-0.39, 0.29) is 9.48 Å². The van der Waals surface area contributed by atoms with Gasteiger partial charge in [-0.25, -0.2) is 4.79 Å². The first-order valence-corrected chi connectivity index (χ1v) is 5.76. The third kappa shape index (κ3) is 3.08. The van der Waals surface area contributed by atoms with E-state index in [0.717, 1.165) is 5.56 Å². The highest BCUT2D eigenvalue weighted by molar-refractivity contribution is 14.1. The second-order valence-corrected chi connectivity index (χ2v) is 4.42. The number of rotatable bonds is 2. The number of carbonyl (C=O) groups excluding carboxylic acids is 2. The molecule has 0 unspecified atom stereocenters. The number of amides is 1. The standard InChI is InChI=1S/C10H9ClINO3/c1-5-3-6(9(14)16-2)8(4-7(5)11)13-10(12)15/h3-4H,1-2H3,(H,13,15). The molecule has 1 aromatic carbocycles. The van der Waals surface area contributed by atoms with E-state index in [1.807, 2.05) is 0 Å². The van der Waals surface area contributed by atoms with Crippen molar-refractivity contribution in [3.8, 4) is 0 Å². The van der Waals surface area contributed by atoms with Gasteiger partial charge in [-0.05, 0) is 24.6 Å². The zero-order valence-corrected chi connectivity index (χ0v) is 11.5. The van der Waals surface area contributed by atoms with Crippen LogP contribution >= 0.6 is 34.2 Å². The van der Waals surface area contributed by atoms with Gasteiger partial charge in [-0.1, -0.05) is 11.6 Å². The lowest BCUT2D eigenvalue weighted by atomic mass is 10.1. The first-order valence-electron chi connectivity index (χ1n) is 4.30. The van der Waals surface area contributed by atoms with Crippen molar-refractivity contribution in [2.45, 2.75) is 6.92 Å². The zero-order valence-electron chi connectivity index (χ0n) is 8.64. The van der Waals surface area contributed by atoms with Crippen molar-refractivity contribution in [2.75, 3.05) is 12.4 Å². The summed E-state index contributed by atoms with van der Waals surface area (Å²) in [6, 6.07) is 3.11. The minimum Gasteiger partial charge on any atom is -0.465 e. The third-order valence-corrected chi connectivity index (χ3v) is 2.61. The largest absolute Gasteiger partial charge is 0.465 e. The minimum absolute atomic E-state index is 0.286. The van der Waals surface area contributed by atoms with Crippen LogP contribution in [0.25, 0.3) is 0 Å². The number of anilines is 1. The molecule has 0 aliphatic carbocycles. The smallest absolute Gasteiger partial charge is 0.339 e. The molecule has 86 valence electrons. The van der Waals surface area contributed by atoms with E-state index in [4.69, 9.17) is 11.6 Å². The number of methoxy groups -OCH3 is 1. The van der Waals surface area contributed by atoms with Crippen molar-refractivity contribution in [3.05, 3.63) is 28.3 Å². The Hall–Kier alpha value is -0.820. The molecule has 0 aliphatic heterocycles. The van der Waals surface area contributed by atoms with Crippen LogP contribution in [0.15, 0.2) is 12.1 Å². The number of hydrogen-bond donors (Lipinski definition) is 1. The predicted molar refractivity (Wildman–Crippen MR) is 70.6 cm³/mol. The first kappa shape index (κ1) is 13.2. The number of carbonyl (C=O) groups is 2. The highest BCUT2D eigenvalue weighted by Crippen LogP contribution is 2.26. The molecule has 1 N–H and O–H groups in total. The van der Waals surface area contributed by atoms with Gasteiger partial charge in [0.05, 0.1) is 18.4 Å². The van der Waals surface area contributed by atoms with Gasteiger partial charge >= 0.3 is 5.97 Å². The molecule has 0 bridgehead atoms. The molecule has 0 fully saturated rings. The Bertz CT molecular complexity index is 448. The maximum absolute atomic E-state index is 11.5. The Morgan fingerprint density at radius 3 is 2.56 bits per heavy atom. The third-order valence-electron chi connectivity index (χ3n) is 1.94. The van der Waals surface area contributed by atoms with Crippen molar-refractivity contribution < 1.29 is 14.3 Å². The molecular formula is C10H9ClINO3. The van der Waals surface area contributed by atoms with Gasteiger partial charge < -0.3 is 10.1 Å². The SMILES string of the molecule is COC(=O)c1cc(C)c(Cl)cc1NC(=O)I. The number of hydrogen-bond acceptors (Lipinski definition) is 3. The molecule has 16 heavy (non-hydrogen) atoms. The molecule has 4 nitrogen and oxygen atoms in total. The highest BCUT2D eigenvalue weighted by Gasteiger charge is 2.15. The van der Waals surface area contributed by atoms with Crippen LogP contribution < -0.4 is 5.32 Å². The molecule has 0 heterocycles. The normalized spacial score (nSPS) is 9.75. The van der Waals surface area contributed by atoms with Gasteiger partial charge in [-0.2, -0.15) is 0 Å². The molecule has 1 amide bonds. The number of esters is 1. The van der Waals surface area contributed by atoms with Crippen LogP contribution in [-0.4, -0.2) is 17.0 Å². The lowest BCUT2D eigenvalue weighted by molar-refractivity contribution is 0.0602. The van der Waals surface area contributed by atoms with E-state index in [1.165, 1.54) is 13.2 Å². The zero-order chi connectivity index (χ0) is 12.3. The van der Waals surface area contributed by atoms with E-state index in [1.54, 1.807) is 35.6 Å². The maximum atomic E-state index is 11.5. The summed E-state index contributed by atoms with van der Waals surface area (Å²) in [5, 5.41) is 3.00. The van der Waals surface area contributed by atoms with Gasteiger partial charge in [0.2, 0.25) is 0 Å². The van der Waals surface area contributed by atoms with Crippen molar-refractivity contribution in [1.29, 1.82) is 0 Å². The first-order chi connectivity index (χ1) is 7.45. The van der Waals surface area contributed by atoms with Crippen molar-refractivity contribution >= 4 is 49.8 Å². The van der Waals surface area contributed by atoms with Gasteiger partial charge in [0, 0.05) is 27.6 Å². The lowest BCUT2D eigenvalue weighted by Gasteiger charge is -2.10. The number of ether oxygens (including phenoxy) is 1. The molecule has 0 aromatic heterocycles. The van der Waals surface area contributed by atoms with Gasteiger partial charge in [0.25, 0.3) is 3.91 Å². The lowest BCUT2D eigenvalue weighted by Crippen LogP contribution is -2.10. The quantitative estimate of drug-likeness (QED) is 0.384. The molecule has 0 saturated carbocycles. The molecule has 1 aromatic rings. The number of benzene rings is 1. The summed E-state index contributed by atoms with van der Waals surface area (Å²) in [5.74, 6) is -0.514. The van der Waals surface area contributed by atoms with Crippen LogP contribution in [-0.2, 0) is 4.74 Å². The fraction of sp³-hybridized carbons (Fsp3) is 0.200. The molecular weight excluding hydrogens is 344 g/mol. The van der Waals surface area contributed by atoms with Gasteiger partial charge in [-0.15, -0.1) is 0 Å². The Morgan fingerprint density at radius 2 is 2.06 bits per heavy atom. The summed E-state index contributed by atoms with van der Waals surface area (Å²) in [6.07, 6.45) is 0. The molecule has 6 heteroatoms. The van der Waals surface area contributed by atoms with Gasteiger partial charge in [-0.3, -0.25) is 4.79 Å². The van der Waals surface area contributed by atoms with E-state index < -0.39 is 5.97 Å². The highest BCUT2D eigenvalue weighted by atomic mass is 127. The Balaban J connectivity index is 3.27. The van der Waals surface area contributed by atoms with Crippen LogP contribution in [0.2, 0.25) is 5.02 Å². The Kier molecular flexibility index (Phi) is 4.55. The summed E-state index contributed by atoms with van der Waals surface area (Å²) in [5.41, 5.74) is 1.38. The second-order valence-electron chi connectivity index (χ2n) is 3.04. The molecule has 0 aliphatic rings. The number of halogens is 2. The van der Waals surface area contributed by atoms with E-state index in [0.29, 0.717) is 10.7 Å².